The lowest BCUT2D eigenvalue weighted by Gasteiger charge is -2.20. The number of aryl methyl sites for hydroxylation is 1. The first kappa shape index (κ1) is 19.2. The average molecular weight is 407 g/mol. The first-order valence-corrected chi connectivity index (χ1v) is 9.31. The van der Waals surface area contributed by atoms with Crippen LogP contribution in [-0.2, 0) is 13.2 Å². The molecule has 3 aromatic heterocycles. The number of rotatable bonds is 3. The SMILES string of the molecule is Cn1cc(NC(=O)c2c(N)nn3ccc(C4CCCCC4)nc23)c(C(F)(F)F)n1. The van der Waals surface area contributed by atoms with Crippen LogP contribution >= 0.6 is 0 Å². The highest BCUT2D eigenvalue weighted by atomic mass is 19.4. The van der Waals surface area contributed by atoms with Crippen LogP contribution in [0.15, 0.2) is 18.5 Å². The number of nitrogens with zero attached hydrogens (tertiary/aromatic N) is 5. The number of amides is 1. The maximum atomic E-state index is 13.2. The normalized spacial score (nSPS) is 15.7. The van der Waals surface area contributed by atoms with E-state index in [1.54, 1.807) is 6.20 Å². The minimum atomic E-state index is -4.71. The van der Waals surface area contributed by atoms with Gasteiger partial charge in [-0.05, 0) is 18.9 Å². The van der Waals surface area contributed by atoms with Gasteiger partial charge in [0.25, 0.3) is 5.91 Å². The van der Waals surface area contributed by atoms with E-state index in [0.29, 0.717) is 0 Å². The molecule has 1 saturated carbocycles. The third kappa shape index (κ3) is 3.64. The maximum absolute atomic E-state index is 13.2. The Morgan fingerprint density at radius 2 is 1.97 bits per heavy atom. The van der Waals surface area contributed by atoms with Crippen molar-refractivity contribution >= 4 is 23.1 Å². The number of anilines is 2. The summed E-state index contributed by atoms with van der Waals surface area (Å²) in [4.78, 5) is 17.4. The fourth-order valence-electron chi connectivity index (χ4n) is 3.78. The Morgan fingerprint density at radius 1 is 1.24 bits per heavy atom. The van der Waals surface area contributed by atoms with Gasteiger partial charge in [0, 0.05) is 31.1 Å². The zero-order valence-corrected chi connectivity index (χ0v) is 15.7. The smallest absolute Gasteiger partial charge is 0.381 e. The number of aromatic nitrogens is 5. The number of alkyl halides is 3. The highest BCUT2D eigenvalue weighted by Gasteiger charge is 2.38. The van der Waals surface area contributed by atoms with Crippen LogP contribution in [0.4, 0.5) is 24.7 Å². The molecule has 11 heteroatoms. The molecule has 0 atom stereocenters. The second-order valence-electron chi connectivity index (χ2n) is 7.23. The van der Waals surface area contributed by atoms with Gasteiger partial charge in [-0.3, -0.25) is 9.48 Å². The molecule has 3 N–H and O–H groups in total. The first-order chi connectivity index (χ1) is 13.7. The molecule has 1 aliphatic rings. The molecule has 0 aliphatic heterocycles. The quantitative estimate of drug-likeness (QED) is 0.693. The number of nitrogen functional groups attached to an aromatic ring is 1. The van der Waals surface area contributed by atoms with Crippen LogP contribution in [0, 0.1) is 0 Å². The molecular formula is C18H20F3N7O. The third-order valence-electron chi connectivity index (χ3n) is 5.13. The van der Waals surface area contributed by atoms with Crippen molar-refractivity contribution < 1.29 is 18.0 Å². The summed E-state index contributed by atoms with van der Waals surface area (Å²) in [5.74, 6) is -0.631. The summed E-state index contributed by atoms with van der Waals surface area (Å²) in [6.45, 7) is 0. The van der Waals surface area contributed by atoms with Crippen LogP contribution < -0.4 is 11.1 Å². The van der Waals surface area contributed by atoms with E-state index in [9.17, 15) is 18.0 Å². The summed E-state index contributed by atoms with van der Waals surface area (Å²) in [5, 5.41) is 9.71. The molecule has 1 aliphatic carbocycles. The zero-order valence-electron chi connectivity index (χ0n) is 15.7. The molecule has 0 spiro atoms. The molecule has 0 saturated heterocycles. The lowest BCUT2D eigenvalue weighted by atomic mass is 9.87. The monoisotopic (exact) mass is 407 g/mol. The van der Waals surface area contributed by atoms with Gasteiger partial charge < -0.3 is 11.1 Å². The summed E-state index contributed by atoms with van der Waals surface area (Å²) >= 11 is 0. The molecule has 4 rings (SSSR count). The molecule has 154 valence electrons. The van der Waals surface area contributed by atoms with E-state index in [2.05, 4.69) is 20.5 Å². The van der Waals surface area contributed by atoms with Crippen LogP contribution in [0.1, 0.15) is 59.8 Å². The summed E-state index contributed by atoms with van der Waals surface area (Å²) in [6, 6.07) is 1.85. The number of carbonyl (C=O) groups is 1. The Labute approximate surface area is 163 Å². The number of nitrogens with one attached hydrogen (secondary N) is 1. The van der Waals surface area contributed by atoms with E-state index >= 15 is 0 Å². The van der Waals surface area contributed by atoms with Crippen molar-refractivity contribution in [2.45, 2.75) is 44.2 Å². The minimum absolute atomic E-state index is 0.0559. The van der Waals surface area contributed by atoms with Crippen LogP contribution in [0.3, 0.4) is 0 Å². The molecule has 0 aromatic carbocycles. The van der Waals surface area contributed by atoms with E-state index < -0.39 is 23.5 Å². The standard InChI is InChI=1S/C18H20F3N7O/c1-27-9-12(14(25-27)18(19,20)21)24-17(29)13-15(22)26-28-8-7-11(23-16(13)28)10-5-3-2-4-6-10/h7-10H,2-6H2,1H3,(H2,22,26)(H,24,29). The van der Waals surface area contributed by atoms with Crippen molar-refractivity contribution in [2.24, 2.45) is 7.05 Å². The molecule has 0 unspecified atom stereocenters. The lowest BCUT2D eigenvalue weighted by molar-refractivity contribution is -0.140. The number of nitrogens with two attached hydrogens (primary N) is 1. The van der Waals surface area contributed by atoms with Crippen molar-refractivity contribution in [3.63, 3.8) is 0 Å². The molecule has 29 heavy (non-hydrogen) atoms. The Kier molecular flexibility index (Phi) is 4.67. The van der Waals surface area contributed by atoms with Crippen molar-refractivity contribution in [1.82, 2.24) is 24.4 Å². The largest absolute Gasteiger partial charge is 0.437 e. The molecule has 3 aromatic rings. The molecule has 1 fully saturated rings. The predicted octanol–water partition coefficient (Wildman–Crippen LogP) is 3.36. The summed E-state index contributed by atoms with van der Waals surface area (Å²) in [6.07, 6.45) is 3.51. The Morgan fingerprint density at radius 3 is 2.66 bits per heavy atom. The van der Waals surface area contributed by atoms with Gasteiger partial charge in [0.1, 0.15) is 5.56 Å². The first-order valence-electron chi connectivity index (χ1n) is 9.31. The van der Waals surface area contributed by atoms with Gasteiger partial charge in [-0.1, -0.05) is 19.3 Å². The molecule has 0 radical (unpaired) electrons. The highest BCUT2D eigenvalue weighted by Crippen LogP contribution is 2.34. The molecular weight excluding hydrogens is 387 g/mol. The third-order valence-corrected chi connectivity index (χ3v) is 5.13. The zero-order chi connectivity index (χ0) is 20.8. The van der Waals surface area contributed by atoms with Gasteiger partial charge in [-0.2, -0.15) is 18.3 Å². The van der Waals surface area contributed by atoms with Gasteiger partial charge >= 0.3 is 6.18 Å². The topological polar surface area (TPSA) is 103 Å². The van der Waals surface area contributed by atoms with Crippen LogP contribution in [0.25, 0.3) is 5.65 Å². The number of hydrogen-bond donors (Lipinski definition) is 2. The van der Waals surface area contributed by atoms with Crippen molar-refractivity contribution in [2.75, 3.05) is 11.1 Å². The maximum Gasteiger partial charge on any atom is 0.437 e. The highest BCUT2D eigenvalue weighted by molar-refractivity contribution is 6.11. The van der Waals surface area contributed by atoms with E-state index in [1.165, 1.54) is 18.0 Å². The summed E-state index contributed by atoms with van der Waals surface area (Å²) < 4.78 is 41.8. The lowest BCUT2D eigenvalue weighted by Crippen LogP contribution is -2.17. The Bertz CT molecular complexity index is 1060. The number of fused-ring (bicyclic) bond motifs is 1. The van der Waals surface area contributed by atoms with Crippen LogP contribution in [-0.4, -0.2) is 30.3 Å². The fraction of sp³-hybridized carbons (Fsp3) is 0.444. The molecule has 8 nitrogen and oxygen atoms in total. The Balaban J connectivity index is 1.70. The minimum Gasteiger partial charge on any atom is -0.381 e. The number of halogens is 3. The van der Waals surface area contributed by atoms with Gasteiger partial charge in [-0.25, -0.2) is 9.50 Å². The van der Waals surface area contributed by atoms with E-state index in [0.717, 1.165) is 42.3 Å². The number of hydrogen-bond acceptors (Lipinski definition) is 5. The fourth-order valence-corrected chi connectivity index (χ4v) is 3.78. The predicted molar refractivity (Wildman–Crippen MR) is 99.4 cm³/mol. The second kappa shape index (κ2) is 7.05. The summed E-state index contributed by atoms with van der Waals surface area (Å²) in [7, 11) is 1.34. The van der Waals surface area contributed by atoms with Gasteiger partial charge in [-0.15, -0.1) is 5.10 Å². The van der Waals surface area contributed by atoms with Crippen molar-refractivity contribution in [3.05, 3.63) is 35.4 Å². The molecule has 1 amide bonds. The van der Waals surface area contributed by atoms with E-state index in [4.69, 9.17) is 5.73 Å². The van der Waals surface area contributed by atoms with Gasteiger partial charge in [0.15, 0.2) is 17.2 Å². The molecule has 0 bridgehead atoms. The second-order valence-corrected chi connectivity index (χ2v) is 7.23. The van der Waals surface area contributed by atoms with E-state index in [1.807, 2.05) is 6.07 Å². The summed E-state index contributed by atoms with van der Waals surface area (Å²) in [5.41, 5.74) is 5.26. The van der Waals surface area contributed by atoms with Crippen LogP contribution in [0.2, 0.25) is 0 Å². The average Bonchev–Trinajstić information content (AvgIpc) is 3.20. The van der Waals surface area contributed by atoms with Gasteiger partial charge in [0.05, 0.1) is 5.69 Å². The van der Waals surface area contributed by atoms with Gasteiger partial charge in [0.2, 0.25) is 0 Å². The van der Waals surface area contributed by atoms with E-state index in [-0.39, 0.29) is 22.9 Å². The van der Waals surface area contributed by atoms with Crippen LogP contribution in [0.5, 0.6) is 0 Å². The van der Waals surface area contributed by atoms with Crippen molar-refractivity contribution in [1.29, 1.82) is 0 Å². The number of carbonyl (C=O) groups excluding carboxylic acids is 1. The Hall–Kier alpha value is -3.11. The molecule has 3 heterocycles. The van der Waals surface area contributed by atoms with Crippen molar-refractivity contribution in [3.8, 4) is 0 Å².